The Balaban J connectivity index is 3.91. The molecule has 0 heterocycles. The van der Waals surface area contributed by atoms with Crippen LogP contribution >= 0.6 is 0 Å². The molecule has 0 amide bonds. The highest BCUT2D eigenvalue weighted by Gasteiger charge is 2.15. The van der Waals surface area contributed by atoms with Gasteiger partial charge in [0, 0.05) is 17.8 Å². The van der Waals surface area contributed by atoms with Crippen LogP contribution < -0.4 is 0 Å². The molecule has 0 saturated heterocycles. The average Bonchev–Trinajstić information content (AvgIpc) is 2.56. The topological polar surface area (TPSA) is 80.4 Å². The summed E-state index contributed by atoms with van der Waals surface area (Å²) >= 11 is 0. The molecule has 0 aromatic heterocycles. The number of hydrogen-bond donors (Lipinski definition) is 1. The smallest absolute Gasteiger partial charge is 0.303 e. The van der Waals surface area contributed by atoms with Gasteiger partial charge in [0.25, 0.3) is 0 Å². The Bertz CT molecular complexity index is 478. The third kappa shape index (κ3) is 16.5. The van der Waals surface area contributed by atoms with Crippen molar-refractivity contribution in [3.05, 3.63) is 58.7 Å². The summed E-state index contributed by atoms with van der Waals surface area (Å²) in [5.41, 5.74) is 0. The maximum atomic E-state index is 10.9. The Morgan fingerprint density at radius 1 is 1.04 bits per heavy atom. The Labute approximate surface area is 151 Å². The molecule has 1 atom stereocenters. The van der Waals surface area contributed by atoms with Crippen molar-refractivity contribution >= 4 is 5.97 Å². The number of rotatable bonds is 15. The van der Waals surface area contributed by atoms with Gasteiger partial charge in [-0.15, -0.1) is 0 Å². The average molecular weight is 349 g/mol. The van der Waals surface area contributed by atoms with Gasteiger partial charge in [-0.05, 0) is 38.2 Å². The summed E-state index contributed by atoms with van der Waals surface area (Å²) in [6.45, 7) is 2.20. The predicted molar refractivity (Wildman–Crippen MR) is 102 cm³/mol. The van der Waals surface area contributed by atoms with Crippen molar-refractivity contribution in [3.63, 3.8) is 0 Å². The molecule has 140 valence electrons. The molecule has 0 aliphatic carbocycles. The number of nitrogens with zero attached hydrogens (tertiary/aromatic N) is 1. The van der Waals surface area contributed by atoms with Crippen LogP contribution in [0.25, 0.3) is 0 Å². The molecule has 0 aromatic carbocycles. The summed E-state index contributed by atoms with van der Waals surface area (Å²) in [6, 6.07) is -0.822. The number of unbranched alkanes of at least 4 members (excludes halogenated alkanes) is 3. The van der Waals surface area contributed by atoms with Gasteiger partial charge in [0.15, 0.2) is 0 Å². The second kappa shape index (κ2) is 16.7. The third-order valence-electron chi connectivity index (χ3n) is 3.59. The summed E-state index contributed by atoms with van der Waals surface area (Å²) in [6.07, 6.45) is 22.7. The van der Waals surface area contributed by atoms with Gasteiger partial charge in [-0.2, -0.15) is 0 Å². The Kier molecular flexibility index (Phi) is 15.2. The minimum atomic E-state index is -0.923. The van der Waals surface area contributed by atoms with E-state index in [-0.39, 0.29) is 17.8 Å². The van der Waals surface area contributed by atoms with E-state index in [0.717, 1.165) is 19.3 Å². The van der Waals surface area contributed by atoms with E-state index in [4.69, 9.17) is 5.11 Å². The second-order valence-corrected chi connectivity index (χ2v) is 5.86. The lowest BCUT2D eigenvalue weighted by Gasteiger charge is -2.02. The highest BCUT2D eigenvalue weighted by atomic mass is 16.6. The monoisotopic (exact) mass is 349 g/mol. The first-order chi connectivity index (χ1) is 12.1. The van der Waals surface area contributed by atoms with Gasteiger partial charge >= 0.3 is 5.97 Å². The van der Waals surface area contributed by atoms with Gasteiger partial charge in [-0.25, -0.2) is 0 Å². The van der Waals surface area contributed by atoms with Crippen LogP contribution in [-0.2, 0) is 4.79 Å². The zero-order chi connectivity index (χ0) is 18.8. The zero-order valence-electron chi connectivity index (χ0n) is 15.2. The van der Waals surface area contributed by atoms with Gasteiger partial charge < -0.3 is 5.11 Å². The van der Waals surface area contributed by atoms with Crippen LogP contribution in [0.5, 0.6) is 0 Å². The van der Waals surface area contributed by atoms with Crippen LogP contribution in [0.4, 0.5) is 0 Å². The Morgan fingerprint density at radius 3 is 2.36 bits per heavy atom. The van der Waals surface area contributed by atoms with Crippen LogP contribution in [0.1, 0.15) is 64.7 Å². The van der Waals surface area contributed by atoms with Gasteiger partial charge in [0.1, 0.15) is 0 Å². The number of carboxylic acids is 1. The highest BCUT2D eigenvalue weighted by molar-refractivity contribution is 5.66. The first-order valence-corrected chi connectivity index (χ1v) is 9.06. The maximum absolute atomic E-state index is 10.9. The molecule has 0 fully saturated rings. The van der Waals surface area contributed by atoms with Gasteiger partial charge in [0.2, 0.25) is 6.04 Å². The summed E-state index contributed by atoms with van der Waals surface area (Å²) < 4.78 is 0. The fourth-order valence-electron chi connectivity index (χ4n) is 2.16. The molecule has 0 rings (SSSR count). The first kappa shape index (κ1) is 22.8. The lowest BCUT2D eigenvalue weighted by Crippen LogP contribution is -2.16. The molecule has 1 N–H and O–H groups in total. The summed E-state index contributed by atoms with van der Waals surface area (Å²) in [7, 11) is 0. The number of aliphatic carboxylic acids is 1. The maximum Gasteiger partial charge on any atom is 0.303 e. The molecule has 5 heteroatoms. The molecule has 0 aromatic rings. The van der Waals surface area contributed by atoms with Crippen LogP contribution in [0.3, 0.4) is 0 Å². The quantitative estimate of drug-likeness (QED) is 0.140. The van der Waals surface area contributed by atoms with Crippen molar-refractivity contribution < 1.29 is 14.8 Å². The van der Waals surface area contributed by atoms with Crippen molar-refractivity contribution in [3.8, 4) is 0 Å². The van der Waals surface area contributed by atoms with Crippen molar-refractivity contribution in [1.82, 2.24) is 0 Å². The largest absolute Gasteiger partial charge is 0.481 e. The van der Waals surface area contributed by atoms with E-state index in [1.54, 1.807) is 12.2 Å². The molecule has 0 bridgehead atoms. The van der Waals surface area contributed by atoms with E-state index in [0.29, 0.717) is 6.42 Å². The highest BCUT2D eigenvalue weighted by Crippen LogP contribution is 2.06. The summed E-state index contributed by atoms with van der Waals surface area (Å²) in [5, 5.41) is 19.4. The van der Waals surface area contributed by atoms with Gasteiger partial charge in [0.05, 0.1) is 0 Å². The zero-order valence-corrected chi connectivity index (χ0v) is 15.2. The molecular weight excluding hydrogens is 318 g/mol. The van der Waals surface area contributed by atoms with Crippen LogP contribution in [0, 0.1) is 10.1 Å². The fraction of sp³-hybridized carbons (Fsp3) is 0.550. The normalized spacial score (nSPS) is 13.5. The molecule has 0 spiro atoms. The fourth-order valence-corrected chi connectivity index (χ4v) is 2.16. The number of allylic oxidation sites excluding steroid dienone is 7. The molecule has 0 aliphatic heterocycles. The molecule has 0 saturated carbocycles. The van der Waals surface area contributed by atoms with E-state index in [1.165, 1.54) is 25.3 Å². The number of nitro groups is 1. The van der Waals surface area contributed by atoms with Crippen molar-refractivity contribution in [2.75, 3.05) is 0 Å². The van der Waals surface area contributed by atoms with Crippen molar-refractivity contribution in [2.45, 2.75) is 70.8 Å². The lowest BCUT2D eigenvalue weighted by atomic mass is 10.1. The van der Waals surface area contributed by atoms with Gasteiger partial charge in [-0.3, -0.25) is 14.9 Å². The van der Waals surface area contributed by atoms with Crippen molar-refractivity contribution in [2.24, 2.45) is 0 Å². The van der Waals surface area contributed by atoms with E-state index in [2.05, 4.69) is 31.2 Å². The molecule has 25 heavy (non-hydrogen) atoms. The molecule has 5 nitrogen and oxygen atoms in total. The van der Waals surface area contributed by atoms with Crippen molar-refractivity contribution in [1.29, 1.82) is 0 Å². The molecule has 0 radical (unpaired) electrons. The Hall–Kier alpha value is -2.17. The molecule has 1 unspecified atom stereocenters. The van der Waals surface area contributed by atoms with Crippen LogP contribution in [0.15, 0.2) is 48.6 Å². The SMILES string of the molecule is CCCCCC=CCC=CCC=C/C=C/C(CCCC(=O)O)[N+](=O)[O-]. The third-order valence-corrected chi connectivity index (χ3v) is 3.59. The number of carboxylic acid groups (broad SMARTS) is 1. The van der Waals surface area contributed by atoms with E-state index in [1.807, 2.05) is 6.08 Å². The second-order valence-electron chi connectivity index (χ2n) is 5.86. The minimum Gasteiger partial charge on any atom is -0.481 e. The minimum absolute atomic E-state index is 0.0358. The Morgan fingerprint density at radius 2 is 1.72 bits per heavy atom. The lowest BCUT2D eigenvalue weighted by molar-refractivity contribution is -0.510. The summed E-state index contributed by atoms with van der Waals surface area (Å²) in [4.78, 5) is 20.9. The van der Waals surface area contributed by atoms with E-state index in [9.17, 15) is 14.9 Å². The standard InChI is InChI=1S/C20H31NO4/c1-2-3-4-5-6-7-8-9-10-11-12-13-14-16-19(21(24)25)17-15-18-20(22)23/h6-7,9-10,12-14,16,19H,2-5,8,11,15,17-18H2,1H3,(H,22,23)/b7-6?,10-9?,13-12?,16-14+. The van der Waals surface area contributed by atoms with E-state index >= 15 is 0 Å². The summed E-state index contributed by atoms with van der Waals surface area (Å²) in [5.74, 6) is -0.923. The van der Waals surface area contributed by atoms with E-state index < -0.39 is 12.0 Å². The van der Waals surface area contributed by atoms with Crippen LogP contribution in [-0.4, -0.2) is 22.0 Å². The molecule has 0 aliphatic rings. The first-order valence-electron chi connectivity index (χ1n) is 9.06. The van der Waals surface area contributed by atoms with Crippen LogP contribution in [0.2, 0.25) is 0 Å². The van der Waals surface area contributed by atoms with Gasteiger partial charge in [-0.1, -0.05) is 62.3 Å². The molecular formula is C20H31NO4. The number of carbonyl (C=O) groups is 1. The predicted octanol–water partition coefficient (Wildman–Crippen LogP) is 5.47. The number of hydrogen-bond acceptors (Lipinski definition) is 3.